The SMILES string of the molecule is CC(C)CCNC(=O)CNCc1ccccn1. The normalized spacial score (nSPS) is 10.5. The number of carbonyl (C=O) groups excluding carboxylic acids is 1. The molecule has 4 nitrogen and oxygen atoms in total. The fourth-order valence-corrected chi connectivity index (χ4v) is 1.37. The lowest BCUT2D eigenvalue weighted by atomic mass is 10.1. The number of hydrogen-bond donors (Lipinski definition) is 2. The molecule has 1 amide bonds. The van der Waals surface area contributed by atoms with E-state index >= 15 is 0 Å². The topological polar surface area (TPSA) is 54.0 Å². The van der Waals surface area contributed by atoms with Crippen molar-refractivity contribution >= 4 is 5.91 Å². The van der Waals surface area contributed by atoms with E-state index in [0.717, 1.165) is 18.7 Å². The van der Waals surface area contributed by atoms with Crippen molar-refractivity contribution < 1.29 is 4.79 Å². The molecule has 2 N–H and O–H groups in total. The van der Waals surface area contributed by atoms with Crippen molar-refractivity contribution in [2.45, 2.75) is 26.8 Å². The second kappa shape index (κ2) is 7.79. The summed E-state index contributed by atoms with van der Waals surface area (Å²) < 4.78 is 0. The van der Waals surface area contributed by atoms with Gasteiger partial charge in [0.2, 0.25) is 5.91 Å². The number of nitrogens with one attached hydrogen (secondary N) is 2. The molecular weight excluding hydrogens is 214 g/mol. The van der Waals surface area contributed by atoms with Gasteiger partial charge in [0.05, 0.1) is 12.2 Å². The molecule has 0 aliphatic carbocycles. The van der Waals surface area contributed by atoms with E-state index in [1.54, 1.807) is 6.20 Å². The van der Waals surface area contributed by atoms with E-state index in [0.29, 0.717) is 19.0 Å². The number of rotatable bonds is 7. The molecule has 4 heteroatoms. The number of carbonyl (C=O) groups is 1. The quantitative estimate of drug-likeness (QED) is 0.749. The first-order chi connectivity index (χ1) is 8.18. The first-order valence-corrected chi connectivity index (χ1v) is 6.06. The van der Waals surface area contributed by atoms with Crippen molar-refractivity contribution in [3.05, 3.63) is 30.1 Å². The highest BCUT2D eigenvalue weighted by atomic mass is 16.1. The average molecular weight is 235 g/mol. The molecule has 0 atom stereocenters. The van der Waals surface area contributed by atoms with Crippen LogP contribution in [0.4, 0.5) is 0 Å². The van der Waals surface area contributed by atoms with Gasteiger partial charge in [0.25, 0.3) is 0 Å². The lowest BCUT2D eigenvalue weighted by Gasteiger charge is -2.07. The first kappa shape index (κ1) is 13.6. The molecule has 0 bridgehead atoms. The van der Waals surface area contributed by atoms with Gasteiger partial charge in [-0.1, -0.05) is 19.9 Å². The highest BCUT2D eigenvalue weighted by Crippen LogP contribution is 1.96. The molecule has 0 aromatic carbocycles. The van der Waals surface area contributed by atoms with Crippen LogP contribution in [-0.2, 0) is 11.3 Å². The number of aromatic nitrogens is 1. The monoisotopic (exact) mass is 235 g/mol. The number of hydrogen-bond acceptors (Lipinski definition) is 3. The molecular formula is C13H21N3O. The molecule has 0 fully saturated rings. The molecule has 0 radical (unpaired) electrons. The van der Waals surface area contributed by atoms with Crippen molar-refractivity contribution in [2.24, 2.45) is 5.92 Å². The minimum atomic E-state index is 0.0431. The molecule has 1 heterocycles. The maximum Gasteiger partial charge on any atom is 0.233 e. The van der Waals surface area contributed by atoms with Crippen molar-refractivity contribution in [1.82, 2.24) is 15.6 Å². The summed E-state index contributed by atoms with van der Waals surface area (Å²) in [6.07, 6.45) is 2.77. The molecule has 0 saturated heterocycles. The van der Waals surface area contributed by atoms with Crippen LogP contribution in [0.15, 0.2) is 24.4 Å². The maximum atomic E-state index is 11.4. The van der Waals surface area contributed by atoms with E-state index in [9.17, 15) is 4.79 Å². The average Bonchev–Trinajstić information content (AvgIpc) is 2.30. The summed E-state index contributed by atoms with van der Waals surface area (Å²) in [5, 5.41) is 5.94. The predicted molar refractivity (Wildman–Crippen MR) is 68.4 cm³/mol. The highest BCUT2D eigenvalue weighted by Gasteiger charge is 2.01. The molecule has 94 valence electrons. The molecule has 1 aromatic rings. The van der Waals surface area contributed by atoms with Crippen molar-refractivity contribution in [1.29, 1.82) is 0 Å². The first-order valence-electron chi connectivity index (χ1n) is 6.06. The Balaban J connectivity index is 2.08. The Labute approximate surface area is 103 Å². The molecule has 0 aliphatic heterocycles. The third kappa shape index (κ3) is 6.68. The van der Waals surface area contributed by atoms with Crippen molar-refractivity contribution in [3.63, 3.8) is 0 Å². The molecule has 17 heavy (non-hydrogen) atoms. The van der Waals surface area contributed by atoms with Crippen LogP contribution in [0, 0.1) is 5.92 Å². The summed E-state index contributed by atoms with van der Waals surface area (Å²) in [6, 6.07) is 5.75. The van der Waals surface area contributed by atoms with Gasteiger partial charge < -0.3 is 10.6 Å². The van der Waals surface area contributed by atoms with Crippen LogP contribution in [0.5, 0.6) is 0 Å². The Morgan fingerprint density at radius 1 is 1.41 bits per heavy atom. The van der Waals surface area contributed by atoms with E-state index in [-0.39, 0.29) is 5.91 Å². The molecule has 0 aliphatic rings. The van der Waals surface area contributed by atoms with E-state index < -0.39 is 0 Å². The van der Waals surface area contributed by atoms with Gasteiger partial charge in [-0.05, 0) is 24.5 Å². The summed E-state index contributed by atoms with van der Waals surface area (Å²) in [7, 11) is 0. The van der Waals surface area contributed by atoms with Gasteiger partial charge in [-0.3, -0.25) is 9.78 Å². The zero-order valence-electron chi connectivity index (χ0n) is 10.6. The standard InChI is InChI=1S/C13H21N3O/c1-11(2)6-8-16-13(17)10-14-9-12-5-3-4-7-15-12/h3-5,7,11,14H,6,8-10H2,1-2H3,(H,16,17). The summed E-state index contributed by atoms with van der Waals surface area (Å²) in [5.41, 5.74) is 0.947. The zero-order valence-corrected chi connectivity index (χ0v) is 10.6. The predicted octanol–water partition coefficient (Wildman–Crippen LogP) is 1.33. The number of amides is 1. The third-order valence-electron chi connectivity index (χ3n) is 2.36. The van der Waals surface area contributed by atoms with Gasteiger partial charge in [0.1, 0.15) is 0 Å². The molecule has 0 saturated carbocycles. The fourth-order valence-electron chi connectivity index (χ4n) is 1.37. The van der Waals surface area contributed by atoms with Crippen molar-refractivity contribution in [3.8, 4) is 0 Å². The lowest BCUT2D eigenvalue weighted by Crippen LogP contribution is -2.34. The number of nitrogens with zero attached hydrogens (tertiary/aromatic N) is 1. The van der Waals surface area contributed by atoms with Gasteiger partial charge in [-0.2, -0.15) is 0 Å². The van der Waals surface area contributed by atoms with E-state index in [1.165, 1.54) is 0 Å². The third-order valence-corrected chi connectivity index (χ3v) is 2.36. The van der Waals surface area contributed by atoms with Crippen LogP contribution in [0.25, 0.3) is 0 Å². The van der Waals surface area contributed by atoms with Crippen LogP contribution in [-0.4, -0.2) is 24.0 Å². The largest absolute Gasteiger partial charge is 0.355 e. The molecule has 1 aromatic heterocycles. The molecule has 1 rings (SSSR count). The minimum Gasteiger partial charge on any atom is -0.355 e. The number of pyridine rings is 1. The van der Waals surface area contributed by atoms with Crippen LogP contribution >= 0.6 is 0 Å². The van der Waals surface area contributed by atoms with Crippen LogP contribution < -0.4 is 10.6 Å². The minimum absolute atomic E-state index is 0.0431. The molecule has 0 unspecified atom stereocenters. The van der Waals surface area contributed by atoms with Crippen LogP contribution in [0.1, 0.15) is 26.0 Å². The Hall–Kier alpha value is -1.42. The van der Waals surface area contributed by atoms with E-state index in [4.69, 9.17) is 0 Å². The summed E-state index contributed by atoms with van der Waals surface area (Å²) in [5.74, 6) is 0.665. The van der Waals surface area contributed by atoms with Gasteiger partial charge >= 0.3 is 0 Å². The Morgan fingerprint density at radius 3 is 2.88 bits per heavy atom. The Bertz CT molecular complexity index is 325. The highest BCUT2D eigenvalue weighted by molar-refractivity contribution is 5.77. The van der Waals surface area contributed by atoms with Gasteiger partial charge in [-0.15, -0.1) is 0 Å². The zero-order chi connectivity index (χ0) is 12.5. The second-order valence-electron chi connectivity index (χ2n) is 4.46. The lowest BCUT2D eigenvalue weighted by molar-refractivity contribution is -0.120. The molecule has 0 spiro atoms. The summed E-state index contributed by atoms with van der Waals surface area (Å²) in [6.45, 7) is 6.01. The summed E-state index contributed by atoms with van der Waals surface area (Å²) in [4.78, 5) is 15.6. The Morgan fingerprint density at radius 2 is 2.24 bits per heavy atom. The second-order valence-corrected chi connectivity index (χ2v) is 4.46. The van der Waals surface area contributed by atoms with Crippen LogP contribution in [0.3, 0.4) is 0 Å². The van der Waals surface area contributed by atoms with E-state index in [1.807, 2.05) is 18.2 Å². The van der Waals surface area contributed by atoms with Gasteiger partial charge in [0, 0.05) is 19.3 Å². The maximum absolute atomic E-state index is 11.4. The Kier molecular flexibility index (Phi) is 6.25. The van der Waals surface area contributed by atoms with E-state index in [2.05, 4.69) is 29.5 Å². The van der Waals surface area contributed by atoms with Gasteiger partial charge in [0.15, 0.2) is 0 Å². The van der Waals surface area contributed by atoms with Gasteiger partial charge in [-0.25, -0.2) is 0 Å². The fraction of sp³-hybridized carbons (Fsp3) is 0.538. The van der Waals surface area contributed by atoms with Crippen LogP contribution in [0.2, 0.25) is 0 Å². The van der Waals surface area contributed by atoms with Crippen molar-refractivity contribution in [2.75, 3.05) is 13.1 Å². The smallest absolute Gasteiger partial charge is 0.233 e. The summed E-state index contributed by atoms with van der Waals surface area (Å²) >= 11 is 0.